The Labute approximate surface area is 125 Å². The van der Waals surface area contributed by atoms with Crippen molar-refractivity contribution in [1.29, 1.82) is 0 Å². The molecule has 1 aromatic heterocycles. The molecule has 3 rings (SSSR count). The first-order valence-electron chi connectivity index (χ1n) is 7.49. The van der Waals surface area contributed by atoms with Crippen molar-refractivity contribution in [2.45, 2.75) is 43.4 Å². The summed E-state index contributed by atoms with van der Waals surface area (Å²) in [5.74, 6) is 5.58. The normalized spacial score (nSPS) is 22.5. The van der Waals surface area contributed by atoms with E-state index in [0.29, 0.717) is 18.5 Å². The van der Waals surface area contributed by atoms with Gasteiger partial charge >= 0.3 is 0 Å². The lowest BCUT2D eigenvalue weighted by molar-refractivity contribution is 0.160. The van der Waals surface area contributed by atoms with Gasteiger partial charge in [0.25, 0.3) is 0 Å². The Balaban J connectivity index is 1.80. The van der Waals surface area contributed by atoms with Gasteiger partial charge in [-0.25, -0.2) is 19.2 Å². The first-order chi connectivity index (χ1) is 10.1. The third-order valence-corrected chi connectivity index (χ3v) is 6.90. The first-order valence-corrected chi connectivity index (χ1v) is 8.93. The Kier molecular flexibility index (Phi) is 3.90. The highest BCUT2D eigenvalue weighted by Gasteiger charge is 2.40. The number of piperidine rings is 1. The number of sulfonamides is 1. The van der Waals surface area contributed by atoms with Crippen molar-refractivity contribution < 1.29 is 8.42 Å². The fourth-order valence-corrected chi connectivity index (χ4v) is 5.22. The zero-order valence-corrected chi connectivity index (χ0v) is 12.9. The van der Waals surface area contributed by atoms with Gasteiger partial charge in [-0.3, -0.25) is 0 Å². The van der Waals surface area contributed by atoms with Crippen LogP contribution in [-0.4, -0.2) is 30.8 Å². The predicted octanol–water partition coefficient (Wildman–Crippen LogP) is 1.71. The van der Waals surface area contributed by atoms with Crippen molar-refractivity contribution in [2.75, 3.05) is 18.5 Å². The van der Waals surface area contributed by atoms with E-state index >= 15 is 0 Å². The van der Waals surface area contributed by atoms with Crippen LogP contribution in [0.1, 0.15) is 38.5 Å². The minimum absolute atomic E-state index is 0.162. The Morgan fingerprint density at radius 3 is 2.48 bits per heavy atom. The molecule has 1 aliphatic heterocycles. The quantitative estimate of drug-likeness (QED) is 0.655. The molecular weight excluding hydrogens is 288 g/mol. The van der Waals surface area contributed by atoms with Crippen molar-refractivity contribution in [3.8, 4) is 0 Å². The fraction of sp³-hybridized carbons (Fsp3) is 0.643. The number of nitrogens with zero attached hydrogens (tertiary/aromatic N) is 2. The molecule has 1 aromatic rings. The van der Waals surface area contributed by atoms with Crippen LogP contribution in [0.15, 0.2) is 23.2 Å². The monoisotopic (exact) mass is 310 g/mol. The van der Waals surface area contributed by atoms with Gasteiger partial charge in [0, 0.05) is 19.3 Å². The van der Waals surface area contributed by atoms with Gasteiger partial charge in [-0.15, -0.1) is 0 Å². The maximum absolute atomic E-state index is 12.8. The smallest absolute Gasteiger partial charge is 0.246 e. The molecule has 21 heavy (non-hydrogen) atoms. The van der Waals surface area contributed by atoms with Gasteiger partial charge in [0.1, 0.15) is 4.90 Å². The van der Waals surface area contributed by atoms with E-state index in [1.165, 1.54) is 31.9 Å². The van der Waals surface area contributed by atoms with Crippen LogP contribution in [0, 0.1) is 5.41 Å². The van der Waals surface area contributed by atoms with Crippen LogP contribution in [0.5, 0.6) is 0 Å². The number of hydrogen-bond acceptors (Lipinski definition) is 5. The summed E-state index contributed by atoms with van der Waals surface area (Å²) < 4.78 is 27.1. The molecule has 2 aliphatic rings. The summed E-state index contributed by atoms with van der Waals surface area (Å²) in [6.07, 6.45) is 8.55. The van der Waals surface area contributed by atoms with Gasteiger partial charge in [-0.2, -0.15) is 4.31 Å². The highest BCUT2D eigenvalue weighted by atomic mass is 32.2. The molecule has 0 unspecified atom stereocenters. The minimum atomic E-state index is -3.52. The highest BCUT2D eigenvalue weighted by Crippen LogP contribution is 2.46. The van der Waals surface area contributed by atoms with Crippen LogP contribution in [0.3, 0.4) is 0 Å². The Morgan fingerprint density at radius 1 is 1.19 bits per heavy atom. The van der Waals surface area contributed by atoms with Crippen LogP contribution in [0.2, 0.25) is 0 Å². The summed E-state index contributed by atoms with van der Waals surface area (Å²) in [4.78, 5) is 4.15. The maximum Gasteiger partial charge on any atom is 0.246 e. The minimum Gasteiger partial charge on any atom is -0.307 e. The molecule has 1 saturated heterocycles. The van der Waals surface area contributed by atoms with Crippen LogP contribution >= 0.6 is 0 Å². The standard InChI is InChI=1S/C14H22N4O2S/c15-17-13-12(4-3-9-16-13)21(19,20)18-10-7-14(8-11-18)5-1-2-6-14/h3-4,9H,1-2,5-8,10-11,15H2,(H,16,17). The second kappa shape index (κ2) is 5.55. The van der Waals surface area contributed by atoms with Gasteiger partial charge in [-0.05, 0) is 43.2 Å². The third kappa shape index (κ3) is 2.65. The van der Waals surface area contributed by atoms with Gasteiger partial charge in [0.2, 0.25) is 10.0 Å². The van der Waals surface area contributed by atoms with Crippen molar-refractivity contribution in [3.63, 3.8) is 0 Å². The molecule has 2 heterocycles. The lowest BCUT2D eigenvalue weighted by Gasteiger charge is -2.38. The summed E-state index contributed by atoms with van der Waals surface area (Å²) >= 11 is 0. The molecule has 0 amide bonds. The second-order valence-corrected chi connectivity index (χ2v) is 8.01. The number of nitrogens with one attached hydrogen (secondary N) is 1. The van der Waals surface area contributed by atoms with Gasteiger partial charge in [0.15, 0.2) is 5.82 Å². The average Bonchev–Trinajstić information content (AvgIpc) is 2.96. The molecular formula is C14H22N4O2S. The number of hydrogen-bond donors (Lipinski definition) is 2. The number of hydrazine groups is 1. The zero-order valence-electron chi connectivity index (χ0n) is 12.1. The van der Waals surface area contributed by atoms with E-state index in [-0.39, 0.29) is 10.7 Å². The molecule has 0 bridgehead atoms. The first kappa shape index (κ1) is 14.7. The van der Waals surface area contributed by atoms with E-state index in [9.17, 15) is 8.42 Å². The number of anilines is 1. The van der Waals surface area contributed by atoms with E-state index in [2.05, 4.69) is 10.4 Å². The largest absolute Gasteiger partial charge is 0.307 e. The summed E-state index contributed by atoms with van der Waals surface area (Å²) in [5, 5.41) is 0. The number of aromatic nitrogens is 1. The van der Waals surface area contributed by atoms with Crippen molar-refractivity contribution >= 4 is 15.8 Å². The SMILES string of the molecule is NNc1ncccc1S(=O)(=O)N1CCC2(CCCC2)CC1. The van der Waals surface area contributed by atoms with Crippen LogP contribution < -0.4 is 11.3 Å². The number of rotatable bonds is 3. The molecule has 7 heteroatoms. The average molecular weight is 310 g/mol. The summed E-state index contributed by atoms with van der Waals surface area (Å²) in [5.41, 5.74) is 2.77. The predicted molar refractivity (Wildman–Crippen MR) is 80.9 cm³/mol. The van der Waals surface area contributed by atoms with Gasteiger partial charge < -0.3 is 5.43 Å². The zero-order chi connectivity index (χ0) is 14.9. The third-order valence-electron chi connectivity index (χ3n) is 4.97. The molecule has 2 fully saturated rings. The molecule has 3 N–H and O–H groups in total. The number of pyridine rings is 1. The topological polar surface area (TPSA) is 88.3 Å². The summed E-state index contributed by atoms with van der Waals surface area (Å²) in [7, 11) is -3.52. The molecule has 1 saturated carbocycles. The van der Waals surface area contributed by atoms with Crippen LogP contribution in [-0.2, 0) is 10.0 Å². The van der Waals surface area contributed by atoms with E-state index in [1.807, 2.05) is 0 Å². The van der Waals surface area contributed by atoms with Crippen molar-refractivity contribution in [1.82, 2.24) is 9.29 Å². The molecule has 0 radical (unpaired) electrons. The Morgan fingerprint density at radius 2 is 1.86 bits per heavy atom. The maximum atomic E-state index is 12.8. The second-order valence-electron chi connectivity index (χ2n) is 6.11. The van der Waals surface area contributed by atoms with Gasteiger partial charge in [0.05, 0.1) is 0 Å². The molecule has 1 aliphatic carbocycles. The fourth-order valence-electron chi connectivity index (χ4n) is 3.67. The Bertz CT molecular complexity index is 601. The molecule has 0 aromatic carbocycles. The number of nitrogen functional groups attached to an aromatic ring is 1. The van der Waals surface area contributed by atoms with E-state index in [0.717, 1.165) is 12.8 Å². The van der Waals surface area contributed by atoms with Crippen LogP contribution in [0.25, 0.3) is 0 Å². The van der Waals surface area contributed by atoms with E-state index in [1.54, 1.807) is 16.4 Å². The van der Waals surface area contributed by atoms with E-state index < -0.39 is 10.0 Å². The lowest BCUT2D eigenvalue weighted by Crippen LogP contribution is -2.42. The lowest BCUT2D eigenvalue weighted by atomic mass is 9.78. The summed E-state index contributed by atoms with van der Waals surface area (Å²) in [6, 6.07) is 3.17. The molecule has 0 atom stereocenters. The Hall–Kier alpha value is -1.18. The summed E-state index contributed by atoms with van der Waals surface area (Å²) in [6.45, 7) is 1.20. The highest BCUT2D eigenvalue weighted by molar-refractivity contribution is 7.89. The van der Waals surface area contributed by atoms with Crippen LogP contribution in [0.4, 0.5) is 5.82 Å². The van der Waals surface area contributed by atoms with E-state index in [4.69, 9.17) is 5.84 Å². The van der Waals surface area contributed by atoms with Gasteiger partial charge in [-0.1, -0.05) is 12.8 Å². The molecule has 6 nitrogen and oxygen atoms in total. The number of nitrogens with two attached hydrogens (primary N) is 1. The molecule has 116 valence electrons. The van der Waals surface area contributed by atoms with Crippen molar-refractivity contribution in [2.24, 2.45) is 11.3 Å². The molecule has 1 spiro atoms. The van der Waals surface area contributed by atoms with Crippen molar-refractivity contribution in [3.05, 3.63) is 18.3 Å².